The Balaban J connectivity index is 1.55. The molecule has 3 aliphatic heterocycles. The summed E-state index contributed by atoms with van der Waals surface area (Å²) in [6, 6.07) is 13.0. The van der Waals surface area contributed by atoms with E-state index in [0.717, 1.165) is 17.7 Å². The third-order valence-corrected chi connectivity index (χ3v) is 10.7. The number of nitrogens with zero attached hydrogens (tertiary/aromatic N) is 2. The van der Waals surface area contributed by atoms with E-state index in [1.807, 2.05) is 37.3 Å². The SMILES string of the molecule is C[C@@H]1[C@@H]([Si](C)(C)F)[C@H](CCO)O[C@@]12C(=O)N(Cc1cccc(N3CCCC3=O)c1)c1ccc(Cl)cc12. The molecule has 4 atom stereocenters. The second-order valence-corrected chi connectivity index (χ2v) is 14.9. The van der Waals surface area contributed by atoms with Crippen molar-refractivity contribution in [3.05, 3.63) is 58.6 Å². The molecule has 5 rings (SSSR count). The van der Waals surface area contributed by atoms with Gasteiger partial charge in [0.1, 0.15) is 0 Å². The van der Waals surface area contributed by atoms with Crippen LogP contribution in [0.4, 0.5) is 15.5 Å². The summed E-state index contributed by atoms with van der Waals surface area (Å²) in [4.78, 5) is 30.0. The number of carbonyl (C=O) groups excluding carboxylic acids is 2. The number of halogens is 2. The first-order chi connectivity index (χ1) is 17.1. The van der Waals surface area contributed by atoms with E-state index < -0.39 is 31.6 Å². The summed E-state index contributed by atoms with van der Waals surface area (Å²) < 4.78 is 22.1. The van der Waals surface area contributed by atoms with E-state index in [0.29, 0.717) is 29.2 Å². The highest BCUT2D eigenvalue weighted by Crippen LogP contribution is 2.60. The van der Waals surface area contributed by atoms with Crippen molar-refractivity contribution in [3.8, 4) is 0 Å². The molecule has 3 heterocycles. The summed E-state index contributed by atoms with van der Waals surface area (Å²) in [5, 5.41) is 10.2. The van der Waals surface area contributed by atoms with Crippen molar-refractivity contribution >= 4 is 43.2 Å². The zero-order valence-electron chi connectivity index (χ0n) is 20.8. The van der Waals surface area contributed by atoms with E-state index >= 15 is 4.11 Å². The predicted octanol–water partition coefficient (Wildman–Crippen LogP) is 5.17. The molecule has 36 heavy (non-hydrogen) atoms. The third-order valence-electron chi connectivity index (χ3n) is 7.97. The van der Waals surface area contributed by atoms with Crippen molar-refractivity contribution in [2.75, 3.05) is 23.0 Å². The van der Waals surface area contributed by atoms with Gasteiger partial charge in [-0.2, -0.15) is 0 Å². The van der Waals surface area contributed by atoms with Crippen LogP contribution in [0.25, 0.3) is 0 Å². The maximum atomic E-state index is 15.6. The minimum absolute atomic E-state index is 0.107. The molecule has 2 amide bonds. The standard InChI is InChI=1S/C27H32ClFN2O4Si/c1-17-25(36(2,3)29)23(11-13-32)35-27(17)21-15-19(28)9-10-22(21)31(26(27)34)16-18-6-4-7-20(14-18)30-12-5-8-24(30)33/h4,6-7,9-10,14-15,17,23,25,32H,5,8,11-13,16H2,1-3H3/t17-,23+,25-,27+/m1/s1. The number of fused-ring (bicyclic) bond motifs is 2. The number of hydrogen-bond donors (Lipinski definition) is 1. The maximum absolute atomic E-state index is 15.6. The van der Waals surface area contributed by atoms with Gasteiger partial charge >= 0.3 is 0 Å². The molecule has 192 valence electrons. The summed E-state index contributed by atoms with van der Waals surface area (Å²) in [7, 11) is -3.25. The van der Waals surface area contributed by atoms with Crippen LogP contribution in [0.5, 0.6) is 0 Å². The summed E-state index contributed by atoms with van der Waals surface area (Å²) in [6.07, 6.45) is 1.10. The molecule has 1 N–H and O–H groups in total. The summed E-state index contributed by atoms with van der Waals surface area (Å²) >= 11 is 6.39. The van der Waals surface area contributed by atoms with Crippen molar-refractivity contribution < 1.29 is 23.5 Å². The van der Waals surface area contributed by atoms with E-state index in [1.165, 1.54) is 0 Å². The molecule has 0 saturated carbocycles. The number of benzene rings is 2. The van der Waals surface area contributed by atoms with Crippen molar-refractivity contribution in [1.82, 2.24) is 0 Å². The highest BCUT2D eigenvalue weighted by molar-refractivity contribution is 6.72. The molecule has 0 aromatic heterocycles. The first-order valence-corrected chi connectivity index (χ1v) is 15.9. The largest absolute Gasteiger partial charge is 0.396 e. The van der Waals surface area contributed by atoms with Crippen LogP contribution in [-0.4, -0.2) is 44.6 Å². The number of carbonyl (C=O) groups is 2. The van der Waals surface area contributed by atoms with Gasteiger partial charge in [-0.1, -0.05) is 30.7 Å². The van der Waals surface area contributed by atoms with Gasteiger partial charge in [0.2, 0.25) is 14.3 Å². The van der Waals surface area contributed by atoms with Crippen molar-refractivity contribution in [2.24, 2.45) is 5.92 Å². The summed E-state index contributed by atoms with van der Waals surface area (Å²) in [5.41, 5.74) is 1.25. The number of aliphatic hydroxyl groups excluding tert-OH is 1. The van der Waals surface area contributed by atoms with Gasteiger partial charge in [0.15, 0.2) is 5.60 Å². The average molecular weight is 531 g/mol. The Morgan fingerprint density at radius 2 is 2.00 bits per heavy atom. The first kappa shape index (κ1) is 25.4. The number of anilines is 2. The predicted molar refractivity (Wildman–Crippen MR) is 140 cm³/mol. The Hall–Kier alpha value is -2.26. The lowest BCUT2D eigenvalue weighted by Gasteiger charge is -2.31. The summed E-state index contributed by atoms with van der Waals surface area (Å²) in [5.74, 6) is -0.557. The molecule has 0 aliphatic carbocycles. The second kappa shape index (κ2) is 9.24. The Labute approximate surface area is 217 Å². The molecule has 2 fully saturated rings. The van der Waals surface area contributed by atoms with Gasteiger partial charge in [0, 0.05) is 47.3 Å². The van der Waals surface area contributed by atoms with Crippen LogP contribution in [0.3, 0.4) is 0 Å². The lowest BCUT2D eigenvalue weighted by molar-refractivity contribution is -0.146. The van der Waals surface area contributed by atoms with E-state index in [9.17, 15) is 14.7 Å². The third kappa shape index (κ3) is 3.99. The van der Waals surface area contributed by atoms with Crippen molar-refractivity contribution in [1.29, 1.82) is 0 Å². The average Bonchev–Trinajstić information content (AvgIpc) is 3.44. The molecule has 9 heteroatoms. The van der Waals surface area contributed by atoms with Crippen LogP contribution in [0, 0.1) is 5.92 Å². The minimum Gasteiger partial charge on any atom is -0.396 e. The zero-order valence-corrected chi connectivity index (χ0v) is 22.6. The van der Waals surface area contributed by atoms with E-state index in [4.69, 9.17) is 16.3 Å². The van der Waals surface area contributed by atoms with Gasteiger partial charge in [-0.3, -0.25) is 9.59 Å². The highest BCUT2D eigenvalue weighted by atomic mass is 35.5. The molecular formula is C27H32ClFN2O4Si. The fourth-order valence-electron chi connectivity index (χ4n) is 6.50. The molecule has 0 bridgehead atoms. The Morgan fingerprint density at radius 1 is 1.22 bits per heavy atom. The molecule has 2 aromatic rings. The number of hydrogen-bond acceptors (Lipinski definition) is 4. The number of amides is 2. The Kier molecular flexibility index (Phi) is 6.52. The van der Waals surface area contributed by atoms with Crippen LogP contribution in [-0.2, 0) is 26.5 Å². The van der Waals surface area contributed by atoms with Gasteiger partial charge < -0.3 is 23.8 Å². The molecule has 3 aliphatic rings. The minimum atomic E-state index is -3.25. The fourth-order valence-corrected chi connectivity index (χ4v) is 9.21. The number of rotatable bonds is 6. The van der Waals surface area contributed by atoms with Gasteiger partial charge in [-0.05, 0) is 61.8 Å². The van der Waals surface area contributed by atoms with Crippen LogP contribution in [0.1, 0.15) is 37.3 Å². The van der Waals surface area contributed by atoms with Gasteiger partial charge in [-0.15, -0.1) is 0 Å². The molecule has 0 radical (unpaired) electrons. The van der Waals surface area contributed by atoms with Gasteiger partial charge in [0.05, 0.1) is 18.3 Å². The van der Waals surface area contributed by atoms with Gasteiger partial charge in [0.25, 0.3) is 5.91 Å². The smallest absolute Gasteiger partial charge is 0.264 e. The van der Waals surface area contributed by atoms with Crippen LogP contribution < -0.4 is 9.80 Å². The molecule has 2 saturated heterocycles. The van der Waals surface area contributed by atoms with Gasteiger partial charge in [-0.25, -0.2) is 0 Å². The van der Waals surface area contributed by atoms with Crippen LogP contribution >= 0.6 is 11.6 Å². The monoisotopic (exact) mass is 530 g/mol. The Bertz CT molecular complexity index is 1200. The van der Waals surface area contributed by atoms with E-state index in [-0.39, 0.29) is 31.4 Å². The lowest BCUT2D eigenvalue weighted by atomic mass is 9.82. The van der Waals surface area contributed by atoms with Crippen LogP contribution in [0.15, 0.2) is 42.5 Å². The lowest BCUT2D eigenvalue weighted by Crippen LogP contribution is -2.45. The molecule has 6 nitrogen and oxygen atoms in total. The first-order valence-electron chi connectivity index (χ1n) is 12.6. The maximum Gasteiger partial charge on any atom is 0.264 e. The second-order valence-electron chi connectivity index (χ2n) is 10.7. The topological polar surface area (TPSA) is 70.1 Å². The number of ether oxygens (including phenoxy) is 1. The highest BCUT2D eigenvalue weighted by Gasteiger charge is 2.66. The van der Waals surface area contributed by atoms with Crippen molar-refractivity contribution in [3.63, 3.8) is 0 Å². The normalized spacial score (nSPS) is 28.0. The van der Waals surface area contributed by atoms with E-state index in [2.05, 4.69) is 0 Å². The van der Waals surface area contributed by atoms with E-state index in [1.54, 1.807) is 35.0 Å². The fraction of sp³-hybridized carbons (Fsp3) is 0.481. The number of aliphatic hydroxyl groups is 1. The molecular weight excluding hydrogens is 499 g/mol. The van der Waals surface area contributed by atoms with Crippen molar-refractivity contribution in [2.45, 2.75) is 63.1 Å². The molecule has 2 aromatic carbocycles. The molecule has 0 unspecified atom stereocenters. The van der Waals surface area contributed by atoms with Crippen LogP contribution in [0.2, 0.25) is 23.7 Å². The quantitative estimate of drug-likeness (QED) is 0.413. The molecule has 1 spiro atoms. The zero-order chi connectivity index (χ0) is 25.8. The summed E-state index contributed by atoms with van der Waals surface area (Å²) in [6.45, 7) is 6.01. The Morgan fingerprint density at radius 3 is 2.67 bits per heavy atom.